The number of nitrogens with zero attached hydrogens (tertiary/aromatic N) is 1. The van der Waals surface area contributed by atoms with Crippen molar-refractivity contribution in [1.82, 2.24) is 10.2 Å². The molecular formula is C25H29N3O4. The van der Waals surface area contributed by atoms with Crippen molar-refractivity contribution >= 4 is 23.5 Å². The van der Waals surface area contributed by atoms with E-state index in [0.29, 0.717) is 23.6 Å². The number of benzene rings is 2. The van der Waals surface area contributed by atoms with Crippen molar-refractivity contribution in [2.24, 2.45) is 0 Å². The van der Waals surface area contributed by atoms with Crippen LogP contribution in [0.3, 0.4) is 0 Å². The summed E-state index contributed by atoms with van der Waals surface area (Å²) in [6.07, 6.45) is 0.895. The Morgan fingerprint density at radius 3 is 2.34 bits per heavy atom. The van der Waals surface area contributed by atoms with Gasteiger partial charge in [0.05, 0.1) is 0 Å². The molecule has 168 valence electrons. The molecular weight excluding hydrogens is 406 g/mol. The first-order valence-corrected chi connectivity index (χ1v) is 10.6. The molecule has 1 heterocycles. The summed E-state index contributed by atoms with van der Waals surface area (Å²) in [5.41, 5.74) is 1.98. The van der Waals surface area contributed by atoms with Crippen LogP contribution >= 0.6 is 0 Å². The lowest BCUT2D eigenvalue weighted by Gasteiger charge is -2.24. The molecule has 0 aromatic heterocycles. The van der Waals surface area contributed by atoms with Gasteiger partial charge in [0.2, 0.25) is 5.91 Å². The van der Waals surface area contributed by atoms with Crippen LogP contribution in [0.25, 0.3) is 0 Å². The first-order valence-electron chi connectivity index (χ1n) is 10.6. The summed E-state index contributed by atoms with van der Waals surface area (Å²) in [6, 6.07) is 12.8. The third-order valence-electron chi connectivity index (χ3n) is 5.54. The minimum Gasteiger partial charge on any atom is -0.489 e. The fourth-order valence-electron chi connectivity index (χ4n) is 3.49. The highest BCUT2D eigenvalue weighted by Gasteiger charge is 2.51. The molecule has 7 nitrogen and oxygen atoms in total. The molecule has 3 rings (SSSR count). The number of anilines is 1. The maximum absolute atomic E-state index is 13.2. The number of hydrogen-bond donors (Lipinski definition) is 2. The van der Waals surface area contributed by atoms with Crippen LogP contribution in [-0.4, -0.2) is 35.4 Å². The number of imide groups is 1. The van der Waals surface area contributed by atoms with Crippen molar-refractivity contribution in [3.05, 3.63) is 71.8 Å². The number of aryl methyl sites for hydroxylation is 1. The molecule has 2 unspecified atom stereocenters. The van der Waals surface area contributed by atoms with E-state index >= 15 is 0 Å². The fraction of sp³-hybridized carbons (Fsp3) is 0.320. The number of urea groups is 1. The van der Waals surface area contributed by atoms with E-state index in [1.165, 1.54) is 6.92 Å². The van der Waals surface area contributed by atoms with Gasteiger partial charge >= 0.3 is 6.03 Å². The predicted molar refractivity (Wildman–Crippen MR) is 123 cm³/mol. The minimum absolute atomic E-state index is 0.397. The smallest absolute Gasteiger partial charge is 0.326 e. The summed E-state index contributed by atoms with van der Waals surface area (Å²) in [7, 11) is 0. The van der Waals surface area contributed by atoms with Crippen molar-refractivity contribution in [1.29, 1.82) is 0 Å². The zero-order chi connectivity index (χ0) is 23.5. The van der Waals surface area contributed by atoms with E-state index in [1.807, 2.05) is 26.0 Å². The van der Waals surface area contributed by atoms with E-state index in [-0.39, 0.29) is 0 Å². The second-order valence-electron chi connectivity index (χ2n) is 8.22. The van der Waals surface area contributed by atoms with Gasteiger partial charge in [0, 0.05) is 5.69 Å². The Kier molecular flexibility index (Phi) is 6.67. The largest absolute Gasteiger partial charge is 0.489 e. The van der Waals surface area contributed by atoms with Crippen LogP contribution in [0.2, 0.25) is 0 Å². The first kappa shape index (κ1) is 23.1. The van der Waals surface area contributed by atoms with Gasteiger partial charge in [-0.05, 0) is 68.2 Å². The summed E-state index contributed by atoms with van der Waals surface area (Å²) < 4.78 is 5.59. The van der Waals surface area contributed by atoms with Crippen LogP contribution in [0.15, 0.2) is 60.7 Å². The Morgan fingerprint density at radius 2 is 1.78 bits per heavy atom. The van der Waals surface area contributed by atoms with Crippen molar-refractivity contribution in [3.8, 4) is 5.75 Å². The SMILES string of the molecule is C=C(C)COc1ccc(C2(C)NC(=O)N(C(C)C(=O)Nc3ccc(CC)cc3)C2=O)cc1. The van der Waals surface area contributed by atoms with E-state index in [9.17, 15) is 14.4 Å². The lowest BCUT2D eigenvalue weighted by Crippen LogP contribution is -2.47. The lowest BCUT2D eigenvalue weighted by atomic mass is 9.91. The van der Waals surface area contributed by atoms with Gasteiger partial charge in [0.25, 0.3) is 5.91 Å². The highest BCUT2D eigenvalue weighted by atomic mass is 16.5. The molecule has 1 aliphatic rings. The summed E-state index contributed by atoms with van der Waals surface area (Å²) in [5.74, 6) is -0.288. The van der Waals surface area contributed by atoms with Crippen LogP contribution in [-0.2, 0) is 21.5 Å². The van der Waals surface area contributed by atoms with Crippen molar-refractivity contribution in [2.75, 3.05) is 11.9 Å². The van der Waals surface area contributed by atoms with Crippen molar-refractivity contribution in [3.63, 3.8) is 0 Å². The lowest BCUT2D eigenvalue weighted by molar-refractivity contribution is -0.136. The molecule has 2 aromatic rings. The van der Waals surface area contributed by atoms with E-state index in [4.69, 9.17) is 4.74 Å². The van der Waals surface area contributed by atoms with Crippen LogP contribution in [0, 0.1) is 0 Å². The molecule has 7 heteroatoms. The molecule has 0 saturated carbocycles. The van der Waals surface area contributed by atoms with Gasteiger partial charge in [-0.2, -0.15) is 0 Å². The quantitative estimate of drug-likeness (QED) is 0.485. The normalized spacial score (nSPS) is 18.8. The van der Waals surface area contributed by atoms with Gasteiger partial charge in [0.1, 0.15) is 23.9 Å². The Morgan fingerprint density at radius 1 is 1.16 bits per heavy atom. The van der Waals surface area contributed by atoms with E-state index in [2.05, 4.69) is 17.2 Å². The van der Waals surface area contributed by atoms with Gasteiger partial charge in [-0.3, -0.25) is 9.59 Å². The number of carbonyl (C=O) groups is 3. The topological polar surface area (TPSA) is 87.7 Å². The molecule has 2 aromatic carbocycles. The van der Waals surface area contributed by atoms with Crippen molar-refractivity contribution in [2.45, 2.75) is 45.7 Å². The fourth-order valence-corrected chi connectivity index (χ4v) is 3.49. The van der Waals surface area contributed by atoms with Crippen LogP contribution in [0.4, 0.5) is 10.5 Å². The number of ether oxygens (including phenoxy) is 1. The second kappa shape index (κ2) is 9.26. The molecule has 2 atom stereocenters. The van der Waals surface area contributed by atoms with Gasteiger partial charge in [0.15, 0.2) is 0 Å². The van der Waals surface area contributed by atoms with Gasteiger partial charge in [-0.15, -0.1) is 0 Å². The average Bonchev–Trinajstić information content (AvgIpc) is 3.01. The highest BCUT2D eigenvalue weighted by Crippen LogP contribution is 2.31. The summed E-state index contributed by atoms with van der Waals surface area (Å²) in [4.78, 5) is 39.6. The molecule has 1 aliphatic heterocycles. The number of carbonyl (C=O) groups excluding carboxylic acids is 3. The number of rotatable bonds is 8. The average molecular weight is 436 g/mol. The molecule has 32 heavy (non-hydrogen) atoms. The Labute approximate surface area is 188 Å². The summed E-state index contributed by atoms with van der Waals surface area (Å²) >= 11 is 0. The van der Waals surface area contributed by atoms with Crippen molar-refractivity contribution < 1.29 is 19.1 Å². The monoisotopic (exact) mass is 435 g/mol. The van der Waals surface area contributed by atoms with Crippen LogP contribution in [0.5, 0.6) is 5.75 Å². The number of hydrogen-bond acceptors (Lipinski definition) is 4. The van der Waals surface area contributed by atoms with Gasteiger partial charge in [-0.25, -0.2) is 9.69 Å². The predicted octanol–water partition coefficient (Wildman–Crippen LogP) is 4.00. The molecule has 0 spiro atoms. The van der Waals surface area contributed by atoms with Crippen LogP contribution < -0.4 is 15.4 Å². The van der Waals surface area contributed by atoms with Gasteiger partial charge in [-0.1, -0.05) is 37.8 Å². The number of amides is 4. The first-order chi connectivity index (χ1) is 15.2. The number of nitrogens with one attached hydrogen (secondary N) is 2. The molecule has 0 radical (unpaired) electrons. The molecule has 1 saturated heterocycles. The third kappa shape index (κ3) is 4.66. The second-order valence-corrected chi connectivity index (χ2v) is 8.22. The zero-order valence-corrected chi connectivity index (χ0v) is 18.9. The maximum Gasteiger partial charge on any atom is 0.326 e. The molecule has 4 amide bonds. The van der Waals surface area contributed by atoms with E-state index in [0.717, 1.165) is 22.5 Å². The highest BCUT2D eigenvalue weighted by molar-refractivity contribution is 6.11. The van der Waals surface area contributed by atoms with Crippen LogP contribution in [0.1, 0.15) is 38.8 Å². The third-order valence-corrected chi connectivity index (χ3v) is 5.54. The molecule has 1 fully saturated rings. The molecule has 0 aliphatic carbocycles. The summed E-state index contributed by atoms with van der Waals surface area (Å²) in [6.45, 7) is 11.3. The van der Waals surface area contributed by atoms with E-state index < -0.39 is 29.4 Å². The molecule has 2 N–H and O–H groups in total. The minimum atomic E-state index is -1.28. The Hall–Kier alpha value is -3.61. The maximum atomic E-state index is 13.2. The van der Waals surface area contributed by atoms with Gasteiger partial charge < -0.3 is 15.4 Å². The molecule has 0 bridgehead atoms. The Balaban J connectivity index is 1.73. The van der Waals surface area contributed by atoms with E-state index in [1.54, 1.807) is 43.3 Å². The standard InChI is InChI=1S/C25H29N3O4/c1-6-18-7-11-20(12-8-18)26-22(29)17(4)28-23(30)25(5,27-24(28)31)19-9-13-21(14-10-19)32-15-16(2)3/h7-14,17H,2,6,15H2,1,3-5H3,(H,26,29)(H,27,31). The zero-order valence-electron chi connectivity index (χ0n) is 18.9. The summed E-state index contributed by atoms with van der Waals surface area (Å²) in [5, 5.41) is 5.51. The Bertz CT molecular complexity index is 1030.